The minimum absolute atomic E-state index is 0.122. The summed E-state index contributed by atoms with van der Waals surface area (Å²) in [5, 5.41) is 6.80. The van der Waals surface area contributed by atoms with Gasteiger partial charge in [0.2, 0.25) is 5.96 Å². The molecule has 0 bridgehead atoms. The molecule has 0 fully saturated rings. The van der Waals surface area contributed by atoms with E-state index in [-0.39, 0.29) is 6.04 Å². The maximum absolute atomic E-state index is 5.33. The van der Waals surface area contributed by atoms with Crippen LogP contribution in [0.25, 0.3) is 0 Å². The van der Waals surface area contributed by atoms with E-state index < -0.39 is 0 Å². The number of nitrogens with one attached hydrogen (secondary N) is 2. The zero-order valence-corrected chi connectivity index (χ0v) is 9.43. The highest BCUT2D eigenvalue weighted by molar-refractivity contribution is 5.79. The van der Waals surface area contributed by atoms with Crippen molar-refractivity contribution in [3.05, 3.63) is 18.0 Å². The number of guanidine groups is 1. The molecule has 0 saturated carbocycles. The van der Waals surface area contributed by atoms with Gasteiger partial charge in [-0.3, -0.25) is 5.43 Å². The Balaban J connectivity index is 2.43. The normalized spacial score (nSPS) is 13.6. The SMILES string of the molecule is COCC(C)NC(=NCc1ccon1)NN. The van der Waals surface area contributed by atoms with Crippen molar-refractivity contribution in [1.82, 2.24) is 15.9 Å². The molecule has 1 aromatic rings. The quantitative estimate of drug-likeness (QED) is 0.274. The van der Waals surface area contributed by atoms with Crippen LogP contribution in [0.1, 0.15) is 12.6 Å². The predicted molar refractivity (Wildman–Crippen MR) is 59.4 cm³/mol. The first kappa shape index (κ1) is 12.5. The Kier molecular flexibility index (Phi) is 5.30. The van der Waals surface area contributed by atoms with Crippen LogP contribution in [0, 0.1) is 0 Å². The molecule has 4 N–H and O–H groups in total. The summed E-state index contributed by atoms with van der Waals surface area (Å²) in [6.07, 6.45) is 1.50. The number of nitrogens with zero attached hydrogens (tertiary/aromatic N) is 2. The lowest BCUT2D eigenvalue weighted by Gasteiger charge is -2.15. The third kappa shape index (κ3) is 4.28. The fraction of sp³-hybridized carbons (Fsp3) is 0.556. The number of hydrogen-bond donors (Lipinski definition) is 3. The van der Waals surface area contributed by atoms with Crippen LogP contribution in [0.15, 0.2) is 21.8 Å². The molecular formula is C9H17N5O2. The second kappa shape index (κ2) is 6.81. The summed E-state index contributed by atoms with van der Waals surface area (Å²) in [6.45, 7) is 2.94. The van der Waals surface area contributed by atoms with E-state index in [4.69, 9.17) is 10.6 Å². The molecule has 0 aliphatic rings. The largest absolute Gasteiger partial charge is 0.383 e. The lowest BCUT2D eigenvalue weighted by Crippen LogP contribution is -2.46. The van der Waals surface area contributed by atoms with Gasteiger partial charge in [0, 0.05) is 19.2 Å². The van der Waals surface area contributed by atoms with Crippen LogP contribution in [0.4, 0.5) is 0 Å². The third-order valence-corrected chi connectivity index (χ3v) is 1.83. The molecule has 90 valence electrons. The first-order valence-corrected chi connectivity index (χ1v) is 4.92. The average molecular weight is 227 g/mol. The fourth-order valence-electron chi connectivity index (χ4n) is 1.14. The van der Waals surface area contributed by atoms with Crippen molar-refractivity contribution in [2.24, 2.45) is 10.8 Å². The maximum Gasteiger partial charge on any atom is 0.206 e. The van der Waals surface area contributed by atoms with Crippen LogP contribution < -0.4 is 16.6 Å². The summed E-state index contributed by atoms with van der Waals surface area (Å²) in [7, 11) is 1.64. The van der Waals surface area contributed by atoms with Gasteiger partial charge in [0.1, 0.15) is 12.0 Å². The summed E-state index contributed by atoms with van der Waals surface area (Å²) in [5.41, 5.74) is 3.22. The highest BCUT2D eigenvalue weighted by atomic mass is 16.5. The Morgan fingerprint density at radius 1 is 1.75 bits per heavy atom. The van der Waals surface area contributed by atoms with Gasteiger partial charge in [0.25, 0.3) is 0 Å². The summed E-state index contributed by atoms with van der Waals surface area (Å²) < 4.78 is 9.67. The third-order valence-electron chi connectivity index (χ3n) is 1.83. The molecule has 0 amide bonds. The van der Waals surface area contributed by atoms with Gasteiger partial charge in [-0.1, -0.05) is 5.16 Å². The van der Waals surface area contributed by atoms with E-state index in [1.165, 1.54) is 6.26 Å². The van der Waals surface area contributed by atoms with E-state index in [2.05, 4.69) is 25.4 Å². The second-order valence-electron chi connectivity index (χ2n) is 3.30. The van der Waals surface area contributed by atoms with E-state index in [1.807, 2.05) is 6.92 Å². The van der Waals surface area contributed by atoms with Crippen molar-refractivity contribution < 1.29 is 9.26 Å². The number of ether oxygens (including phenoxy) is 1. The fourth-order valence-corrected chi connectivity index (χ4v) is 1.14. The summed E-state index contributed by atoms with van der Waals surface area (Å²) in [5.74, 6) is 5.82. The molecule has 1 atom stereocenters. The molecule has 7 nitrogen and oxygen atoms in total. The molecule has 1 heterocycles. The van der Waals surface area contributed by atoms with Crippen LogP contribution in [-0.4, -0.2) is 30.9 Å². The zero-order chi connectivity index (χ0) is 11.8. The minimum atomic E-state index is 0.122. The predicted octanol–water partition coefficient (Wildman–Crippen LogP) is -0.382. The van der Waals surface area contributed by atoms with Crippen molar-refractivity contribution in [2.75, 3.05) is 13.7 Å². The minimum Gasteiger partial charge on any atom is -0.383 e. The molecule has 0 aliphatic heterocycles. The van der Waals surface area contributed by atoms with Crippen molar-refractivity contribution in [2.45, 2.75) is 19.5 Å². The summed E-state index contributed by atoms with van der Waals surface area (Å²) in [6, 6.07) is 1.87. The molecular weight excluding hydrogens is 210 g/mol. The standard InChI is InChI=1S/C9H17N5O2/c1-7(6-15-2)12-9(13-10)11-5-8-3-4-16-14-8/h3-4,7H,5-6,10H2,1-2H3,(H2,11,12,13). The second-order valence-corrected chi connectivity index (χ2v) is 3.30. The van der Waals surface area contributed by atoms with Crippen LogP contribution >= 0.6 is 0 Å². The van der Waals surface area contributed by atoms with Gasteiger partial charge in [0.15, 0.2) is 0 Å². The molecule has 0 radical (unpaired) electrons. The molecule has 0 aromatic carbocycles. The van der Waals surface area contributed by atoms with Gasteiger partial charge in [-0.05, 0) is 6.92 Å². The Bertz CT molecular complexity index is 312. The molecule has 1 unspecified atom stereocenters. The molecule has 1 rings (SSSR count). The van der Waals surface area contributed by atoms with Crippen molar-refractivity contribution in [1.29, 1.82) is 0 Å². The van der Waals surface area contributed by atoms with Crippen LogP contribution in [0.2, 0.25) is 0 Å². The number of rotatable bonds is 5. The average Bonchev–Trinajstić information content (AvgIpc) is 2.77. The molecule has 0 spiro atoms. The highest BCUT2D eigenvalue weighted by Gasteiger charge is 2.03. The van der Waals surface area contributed by atoms with Gasteiger partial charge < -0.3 is 14.6 Å². The molecule has 0 saturated heterocycles. The monoisotopic (exact) mass is 227 g/mol. The Morgan fingerprint density at radius 2 is 2.56 bits per heavy atom. The molecule has 0 aliphatic carbocycles. The van der Waals surface area contributed by atoms with Gasteiger partial charge in [-0.15, -0.1) is 0 Å². The van der Waals surface area contributed by atoms with Gasteiger partial charge in [-0.25, -0.2) is 10.8 Å². The molecule has 1 aromatic heterocycles. The summed E-state index contributed by atoms with van der Waals surface area (Å²) >= 11 is 0. The van der Waals surface area contributed by atoms with E-state index >= 15 is 0 Å². The van der Waals surface area contributed by atoms with Gasteiger partial charge in [0.05, 0.1) is 13.2 Å². The number of aliphatic imine (C=N–C) groups is 1. The topological polar surface area (TPSA) is 97.7 Å². The lowest BCUT2D eigenvalue weighted by atomic mass is 10.4. The first-order valence-electron chi connectivity index (χ1n) is 4.92. The van der Waals surface area contributed by atoms with Crippen LogP contribution in [0.5, 0.6) is 0 Å². The van der Waals surface area contributed by atoms with E-state index in [0.29, 0.717) is 19.1 Å². The lowest BCUT2D eigenvalue weighted by molar-refractivity contribution is 0.179. The number of methoxy groups -OCH3 is 1. The Hall–Kier alpha value is -1.60. The molecule has 16 heavy (non-hydrogen) atoms. The van der Waals surface area contributed by atoms with E-state index in [9.17, 15) is 0 Å². The van der Waals surface area contributed by atoms with E-state index in [0.717, 1.165) is 5.69 Å². The zero-order valence-electron chi connectivity index (χ0n) is 9.43. The van der Waals surface area contributed by atoms with Gasteiger partial charge in [-0.2, -0.15) is 0 Å². The van der Waals surface area contributed by atoms with Crippen molar-refractivity contribution in [3.8, 4) is 0 Å². The van der Waals surface area contributed by atoms with Gasteiger partial charge >= 0.3 is 0 Å². The van der Waals surface area contributed by atoms with Crippen LogP contribution in [-0.2, 0) is 11.3 Å². The van der Waals surface area contributed by atoms with Crippen molar-refractivity contribution >= 4 is 5.96 Å². The number of hydrogen-bond acceptors (Lipinski definition) is 5. The smallest absolute Gasteiger partial charge is 0.206 e. The number of nitrogens with two attached hydrogens (primary N) is 1. The summed E-state index contributed by atoms with van der Waals surface area (Å²) in [4.78, 5) is 4.20. The highest BCUT2D eigenvalue weighted by Crippen LogP contribution is 1.96. The molecule has 7 heteroatoms. The first-order chi connectivity index (χ1) is 7.76. The number of hydrazine groups is 1. The Morgan fingerprint density at radius 3 is 3.12 bits per heavy atom. The van der Waals surface area contributed by atoms with Crippen molar-refractivity contribution in [3.63, 3.8) is 0 Å². The van der Waals surface area contributed by atoms with Crippen LogP contribution in [0.3, 0.4) is 0 Å². The van der Waals surface area contributed by atoms with E-state index in [1.54, 1.807) is 13.2 Å². The Labute approximate surface area is 94.0 Å². The number of aromatic nitrogens is 1. The maximum atomic E-state index is 5.33.